The van der Waals surface area contributed by atoms with Crippen molar-refractivity contribution in [2.75, 3.05) is 39.9 Å². The second-order valence-electron chi connectivity index (χ2n) is 25.2. The quantitative estimate of drug-likeness (QED) is 0.00772. The van der Waals surface area contributed by atoms with Crippen LogP contribution in [0.4, 0.5) is 0 Å². The summed E-state index contributed by atoms with van der Waals surface area (Å²) in [4.78, 5) is 10.4. The van der Waals surface area contributed by atoms with Gasteiger partial charge in [0.1, 0.15) is 5.60 Å². The van der Waals surface area contributed by atoms with Crippen LogP contribution in [0.5, 0.6) is 0 Å². The van der Waals surface area contributed by atoms with E-state index in [4.69, 9.17) is 34.0 Å². The number of aliphatic hydroxyl groups is 2. The molecule has 16 heteroatoms. The number of methoxy groups -OCH3 is 1. The average molecular weight is 1090 g/mol. The number of carbonyl (C=O) groups is 1. The molecule has 0 aromatic carbocycles. The Morgan fingerprint density at radius 3 is 2.21 bits per heavy atom. The zero-order chi connectivity index (χ0) is 55.5. The standard InChI is InChI=1S/C34H65N3O5S.C26H36O7/c1-23(2)31(42-43(39,40)41)12-9-24(3)27-10-11-28-32-29(14-16-34(27,28)5)33(4)15-13-26(21-25(33)22-30(32)38)37-20-8-19-36-18-7-6-17-35;1-18(2)13-14-20-25(3,33-20)24-23(30-4)19(15-16-26(24)17-31-26)32-22(29)12-10-8-6-5-7-9-11-21(27)28/h23-32,36-38H,6-22,35H2,1-5H3,(H,39,40,41);5-13,19-20,22-24,29H,14-17H2,1-4H3,(H,27,28)/b;7-5+,8-6+,11-9+,12-10+/t24-,25-,26+,27-,28+,29+,30-,31-,32+,33+,34-;19-,20-,22?,23-,24-,25+,26+/m11/s1. The molecule has 76 heavy (non-hydrogen) atoms. The number of aliphatic hydroxyl groups excluding tert-OH is 2. The van der Waals surface area contributed by atoms with Crippen LogP contribution in [-0.2, 0) is 38.3 Å². The maximum atomic E-state index is 11.8. The Labute approximate surface area is 457 Å². The molecule has 1 spiro atoms. The number of nitrogens with two attached hydrogens (primary N) is 1. The second kappa shape index (κ2) is 27.9. The smallest absolute Gasteiger partial charge is 0.397 e. The van der Waals surface area contributed by atoms with Crippen molar-refractivity contribution < 1.29 is 56.2 Å². The predicted molar refractivity (Wildman–Crippen MR) is 298 cm³/mol. The molecule has 2 heterocycles. The Bertz CT molecular complexity index is 2110. The Morgan fingerprint density at radius 2 is 1.55 bits per heavy atom. The van der Waals surface area contributed by atoms with Gasteiger partial charge in [-0.05, 0) is 208 Å². The van der Waals surface area contributed by atoms with Crippen molar-refractivity contribution >= 4 is 16.4 Å². The van der Waals surface area contributed by atoms with Crippen molar-refractivity contribution in [1.82, 2.24) is 10.6 Å². The maximum absolute atomic E-state index is 11.8. The summed E-state index contributed by atoms with van der Waals surface area (Å²) in [6, 6.07) is 0.573. The van der Waals surface area contributed by atoms with Gasteiger partial charge in [-0.1, -0.05) is 82.7 Å². The van der Waals surface area contributed by atoms with E-state index in [0.29, 0.717) is 60.0 Å². The summed E-state index contributed by atoms with van der Waals surface area (Å²) in [5.41, 5.74) is 6.84. The molecule has 0 bridgehead atoms. The van der Waals surface area contributed by atoms with Crippen LogP contribution in [0.2, 0.25) is 0 Å². The van der Waals surface area contributed by atoms with Crippen LogP contribution >= 0.6 is 0 Å². The first-order chi connectivity index (χ1) is 36.0. The van der Waals surface area contributed by atoms with E-state index in [9.17, 15) is 28.0 Å². The second-order valence-corrected chi connectivity index (χ2v) is 26.3. The highest BCUT2D eigenvalue weighted by Crippen LogP contribution is 2.68. The van der Waals surface area contributed by atoms with Crippen LogP contribution in [-0.4, -0.2) is 128 Å². The van der Waals surface area contributed by atoms with Gasteiger partial charge in [0.15, 0.2) is 6.29 Å². The number of fused-ring (bicyclic) bond motifs is 5. The molecular formula is C60H101N3O12S. The van der Waals surface area contributed by atoms with E-state index in [2.05, 4.69) is 58.3 Å². The lowest BCUT2D eigenvalue weighted by molar-refractivity contribution is -0.189. The molecule has 15 nitrogen and oxygen atoms in total. The number of epoxide rings is 2. The number of hydrogen-bond acceptors (Lipinski definition) is 13. The van der Waals surface area contributed by atoms with Gasteiger partial charge in [-0.25, -0.2) is 8.98 Å². The van der Waals surface area contributed by atoms with Crippen molar-refractivity contribution in [3.63, 3.8) is 0 Å². The topological polar surface area (TPSA) is 235 Å². The van der Waals surface area contributed by atoms with E-state index >= 15 is 0 Å². The maximum Gasteiger partial charge on any atom is 0.397 e. The van der Waals surface area contributed by atoms with Gasteiger partial charge in [-0.3, -0.25) is 4.55 Å². The number of ether oxygens (including phenoxy) is 4. The number of carboxylic acids is 1. The van der Waals surface area contributed by atoms with Gasteiger partial charge in [-0.15, -0.1) is 0 Å². The Morgan fingerprint density at radius 1 is 0.868 bits per heavy atom. The Balaban J connectivity index is 0.000000255. The minimum Gasteiger partial charge on any atom is -0.478 e. The summed E-state index contributed by atoms with van der Waals surface area (Å²) < 4.78 is 61.1. The van der Waals surface area contributed by atoms with E-state index in [1.54, 1.807) is 43.6 Å². The Kier molecular flexibility index (Phi) is 23.1. The highest BCUT2D eigenvalue weighted by Gasteiger charge is 2.72. The molecule has 7 rings (SSSR count). The minimum absolute atomic E-state index is 0.0152. The number of carboxylic acid groups (broad SMARTS) is 1. The van der Waals surface area contributed by atoms with E-state index < -0.39 is 28.8 Å². The van der Waals surface area contributed by atoms with E-state index in [-0.39, 0.29) is 52.9 Å². The van der Waals surface area contributed by atoms with Crippen molar-refractivity contribution in [1.29, 1.82) is 0 Å². The van der Waals surface area contributed by atoms with Crippen molar-refractivity contribution in [2.24, 2.45) is 63.9 Å². The molecule has 7 aliphatic rings. The molecule has 0 aromatic heterocycles. The summed E-state index contributed by atoms with van der Waals surface area (Å²) in [6.45, 7) is 22.3. The van der Waals surface area contributed by atoms with Gasteiger partial charge in [-0.2, -0.15) is 8.42 Å². The third-order valence-corrected chi connectivity index (χ3v) is 20.2. The first kappa shape index (κ1) is 62.9. The lowest BCUT2D eigenvalue weighted by Gasteiger charge is -2.62. The highest BCUT2D eigenvalue weighted by atomic mass is 32.3. The zero-order valence-corrected chi connectivity index (χ0v) is 48.6. The molecule has 0 radical (unpaired) electrons. The van der Waals surface area contributed by atoms with Crippen LogP contribution in [0.25, 0.3) is 0 Å². The highest BCUT2D eigenvalue weighted by molar-refractivity contribution is 7.80. The largest absolute Gasteiger partial charge is 0.478 e. The van der Waals surface area contributed by atoms with Crippen LogP contribution in [0.15, 0.2) is 60.3 Å². The fourth-order valence-electron chi connectivity index (χ4n) is 15.6. The lowest BCUT2D eigenvalue weighted by Crippen LogP contribution is -2.59. The first-order valence-corrected chi connectivity index (χ1v) is 30.6. The van der Waals surface area contributed by atoms with Gasteiger partial charge < -0.3 is 50.6 Å². The van der Waals surface area contributed by atoms with Crippen LogP contribution in [0.3, 0.4) is 0 Å². The molecule has 434 valence electrons. The minimum atomic E-state index is -4.45. The molecule has 0 amide bonds. The molecule has 5 saturated carbocycles. The van der Waals surface area contributed by atoms with Crippen molar-refractivity contribution in [3.8, 4) is 0 Å². The number of unbranched alkanes of at least 4 members (excludes halogenated alkanes) is 1. The number of aliphatic carboxylic acids is 1. The SMILES string of the molecule is CC(C)[C@@H](CC[C@@H](C)[C@H]1CC[C@H]2[C@@H]3[C@H](O)C[C@H]4C[C@@H](NCCCNCCCCN)CC[C@]4(C)[C@H]3CC[C@]12C)OS(=O)(=O)O.CO[C@@H]1[C@H](OC(O)/C=C/C=C/C=C/C=C/C(=O)O)CC[C@]2(CO2)[C@H]1[C@@]1(C)O[C@@H]1CC=C(C)C. The molecule has 2 aliphatic heterocycles. The van der Waals surface area contributed by atoms with Gasteiger partial charge in [0, 0.05) is 19.2 Å². The van der Waals surface area contributed by atoms with E-state index in [1.165, 1.54) is 56.6 Å². The normalized spacial score (nSPS) is 38.2. The number of rotatable bonds is 27. The molecular weight excluding hydrogens is 987 g/mol. The molecule has 2 saturated heterocycles. The zero-order valence-electron chi connectivity index (χ0n) is 47.7. The van der Waals surface area contributed by atoms with Crippen molar-refractivity contribution in [2.45, 2.75) is 212 Å². The number of nitrogens with one attached hydrogen (secondary N) is 2. The monoisotopic (exact) mass is 1090 g/mol. The predicted octanol–water partition coefficient (Wildman–Crippen LogP) is 9.26. The fourth-order valence-corrected chi connectivity index (χ4v) is 16.2. The molecule has 5 aliphatic carbocycles. The van der Waals surface area contributed by atoms with Gasteiger partial charge in [0.25, 0.3) is 0 Å². The molecule has 7 fully saturated rings. The van der Waals surface area contributed by atoms with Gasteiger partial charge >= 0.3 is 16.4 Å². The number of hydrogen-bond donors (Lipinski definition) is 7. The Hall–Kier alpha value is -2.32. The van der Waals surface area contributed by atoms with Crippen molar-refractivity contribution in [3.05, 3.63) is 60.3 Å². The third-order valence-electron chi connectivity index (χ3n) is 19.7. The first-order valence-electron chi connectivity index (χ1n) is 29.2. The number of allylic oxidation sites excluding steroid dienone is 7. The molecule has 18 atom stereocenters. The van der Waals surface area contributed by atoms with Crippen LogP contribution < -0.4 is 16.4 Å². The molecule has 1 unspecified atom stereocenters. The van der Waals surface area contributed by atoms with E-state index in [0.717, 1.165) is 83.6 Å². The van der Waals surface area contributed by atoms with Gasteiger partial charge in [0.05, 0.1) is 48.6 Å². The lowest BCUT2D eigenvalue weighted by atomic mass is 9.43. The molecule has 8 N–H and O–H groups in total. The van der Waals surface area contributed by atoms with E-state index in [1.807, 2.05) is 13.8 Å². The third kappa shape index (κ3) is 16.2. The summed E-state index contributed by atoms with van der Waals surface area (Å²) in [7, 11) is -2.77. The fraction of sp³-hybridized carbons (Fsp3) is 0.817. The average Bonchev–Trinajstić information content (AvgIpc) is 4.30. The summed E-state index contributed by atoms with van der Waals surface area (Å²) in [6.07, 6.45) is 29.4. The summed E-state index contributed by atoms with van der Waals surface area (Å²) >= 11 is 0. The van der Waals surface area contributed by atoms with Crippen LogP contribution in [0, 0.1) is 58.2 Å². The summed E-state index contributed by atoms with van der Waals surface area (Å²) in [5.74, 6) is 2.25. The van der Waals surface area contributed by atoms with Gasteiger partial charge in [0.2, 0.25) is 0 Å². The van der Waals surface area contributed by atoms with Crippen LogP contribution in [0.1, 0.15) is 158 Å². The molecule has 0 aromatic rings. The summed E-state index contributed by atoms with van der Waals surface area (Å²) in [5, 5.41) is 38.1.